The molecule has 3 N–H and O–H groups in total. The van der Waals surface area contributed by atoms with Gasteiger partial charge in [-0.2, -0.15) is 0 Å². The quantitative estimate of drug-likeness (QED) is 0.844. The first kappa shape index (κ1) is 11.9. The van der Waals surface area contributed by atoms with E-state index in [0.717, 1.165) is 22.9 Å². The van der Waals surface area contributed by atoms with Crippen LogP contribution in [0.1, 0.15) is 5.56 Å². The van der Waals surface area contributed by atoms with E-state index >= 15 is 0 Å². The minimum atomic E-state index is 0.354. The lowest BCUT2D eigenvalue weighted by Crippen LogP contribution is -2.25. The second-order valence-corrected chi connectivity index (χ2v) is 4.31. The van der Waals surface area contributed by atoms with Crippen LogP contribution in [0.2, 0.25) is 0 Å². The van der Waals surface area contributed by atoms with Crippen LogP contribution in [0.15, 0.2) is 36.4 Å². The Kier molecular flexibility index (Phi) is 3.61. The summed E-state index contributed by atoms with van der Waals surface area (Å²) in [4.78, 5) is 2.11. The Morgan fingerprint density at radius 2 is 1.94 bits per heavy atom. The summed E-state index contributed by atoms with van der Waals surface area (Å²) in [5, 5.41) is 12.2. The van der Waals surface area contributed by atoms with Crippen molar-refractivity contribution >= 4 is 10.8 Å². The molecule has 90 valence electrons. The van der Waals surface area contributed by atoms with Gasteiger partial charge in [-0.15, -0.1) is 0 Å². The van der Waals surface area contributed by atoms with Crippen LogP contribution in [-0.2, 0) is 6.54 Å². The van der Waals surface area contributed by atoms with E-state index in [-0.39, 0.29) is 0 Å². The smallest absolute Gasteiger partial charge is 0.120 e. The van der Waals surface area contributed by atoms with E-state index in [9.17, 15) is 5.11 Å². The fraction of sp³-hybridized carbons (Fsp3) is 0.286. The molecule has 0 aromatic heterocycles. The highest BCUT2D eigenvalue weighted by Crippen LogP contribution is 2.27. The Morgan fingerprint density at radius 3 is 2.71 bits per heavy atom. The molecule has 0 fully saturated rings. The minimum Gasteiger partial charge on any atom is -0.508 e. The fourth-order valence-electron chi connectivity index (χ4n) is 2.06. The van der Waals surface area contributed by atoms with Crippen LogP contribution in [0.4, 0.5) is 0 Å². The van der Waals surface area contributed by atoms with Crippen LogP contribution in [0.25, 0.3) is 10.8 Å². The fourth-order valence-corrected chi connectivity index (χ4v) is 2.06. The molecule has 0 amide bonds. The number of fused-ring (bicyclic) bond motifs is 1. The number of likely N-dealkylation sites (N-methyl/N-ethyl adjacent to an activating group) is 1. The molecule has 2 aromatic carbocycles. The van der Waals surface area contributed by atoms with Gasteiger partial charge in [0.25, 0.3) is 0 Å². The second kappa shape index (κ2) is 5.17. The highest BCUT2D eigenvalue weighted by molar-refractivity contribution is 5.87. The number of hydrogen-bond donors (Lipinski definition) is 2. The van der Waals surface area contributed by atoms with E-state index < -0.39 is 0 Å². The number of aromatic hydroxyl groups is 1. The molecule has 0 unspecified atom stereocenters. The zero-order valence-corrected chi connectivity index (χ0v) is 10.1. The molecule has 0 saturated heterocycles. The maximum atomic E-state index is 9.97. The van der Waals surface area contributed by atoms with Crippen LogP contribution in [0, 0.1) is 0 Å². The SMILES string of the molecule is CN(CCN)Cc1c(O)ccc2ccccc12. The molecule has 0 atom stereocenters. The molecular formula is C14H18N2O. The average molecular weight is 230 g/mol. The van der Waals surface area contributed by atoms with Gasteiger partial charge in [0.15, 0.2) is 0 Å². The minimum absolute atomic E-state index is 0.354. The van der Waals surface area contributed by atoms with E-state index in [1.54, 1.807) is 6.07 Å². The first-order valence-corrected chi connectivity index (χ1v) is 5.80. The number of phenolic OH excluding ortho intramolecular Hbond substituents is 1. The molecule has 0 aliphatic rings. The van der Waals surface area contributed by atoms with Gasteiger partial charge in [-0.05, 0) is 23.9 Å². The van der Waals surface area contributed by atoms with Crippen molar-refractivity contribution in [2.45, 2.75) is 6.54 Å². The molecule has 0 radical (unpaired) electrons. The summed E-state index contributed by atoms with van der Waals surface area (Å²) in [5.74, 6) is 0.354. The summed E-state index contributed by atoms with van der Waals surface area (Å²) in [6.45, 7) is 2.16. The van der Waals surface area contributed by atoms with Crippen molar-refractivity contribution in [3.05, 3.63) is 42.0 Å². The number of rotatable bonds is 4. The van der Waals surface area contributed by atoms with Gasteiger partial charge in [-0.25, -0.2) is 0 Å². The Hall–Kier alpha value is -1.58. The van der Waals surface area contributed by atoms with E-state index in [1.807, 2.05) is 31.3 Å². The third kappa shape index (κ3) is 2.57. The lowest BCUT2D eigenvalue weighted by molar-refractivity contribution is 0.330. The van der Waals surface area contributed by atoms with Crippen molar-refractivity contribution in [1.82, 2.24) is 4.90 Å². The maximum Gasteiger partial charge on any atom is 0.120 e. The maximum absolute atomic E-state index is 9.97. The number of phenols is 1. The van der Waals surface area contributed by atoms with Crippen molar-refractivity contribution < 1.29 is 5.11 Å². The normalized spacial score (nSPS) is 11.2. The third-order valence-electron chi connectivity index (χ3n) is 2.95. The Morgan fingerprint density at radius 1 is 1.18 bits per heavy atom. The van der Waals surface area contributed by atoms with E-state index in [1.165, 1.54) is 0 Å². The molecule has 0 aliphatic carbocycles. The number of hydrogen-bond acceptors (Lipinski definition) is 3. The van der Waals surface area contributed by atoms with Gasteiger partial charge < -0.3 is 15.7 Å². The molecule has 0 saturated carbocycles. The highest BCUT2D eigenvalue weighted by atomic mass is 16.3. The molecular weight excluding hydrogens is 212 g/mol. The van der Waals surface area contributed by atoms with Crippen LogP contribution >= 0.6 is 0 Å². The largest absolute Gasteiger partial charge is 0.508 e. The Labute approximate surface area is 101 Å². The predicted molar refractivity (Wildman–Crippen MR) is 71.0 cm³/mol. The third-order valence-corrected chi connectivity index (χ3v) is 2.95. The van der Waals surface area contributed by atoms with Gasteiger partial charge in [-0.3, -0.25) is 0 Å². The summed E-state index contributed by atoms with van der Waals surface area (Å²) in [7, 11) is 2.01. The van der Waals surface area contributed by atoms with Crippen molar-refractivity contribution in [1.29, 1.82) is 0 Å². The van der Waals surface area contributed by atoms with Gasteiger partial charge in [-0.1, -0.05) is 30.3 Å². The lowest BCUT2D eigenvalue weighted by Gasteiger charge is -2.17. The predicted octanol–water partition coefficient (Wildman–Crippen LogP) is 1.94. The molecule has 17 heavy (non-hydrogen) atoms. The zero-order valence-electron chi connectivity index (χ0n) is 10.1. The first-order chi connectivity index (χ1) is 8.22. The van der Waals surface area contributed by atoms with E-state index in [2.05, 4.69) is 11.0 Å². The molecule has 2 aromatic rings. The van der Waals surface area contributed by atoms with Gasteiger partial charge in [0.1, 0.15) is 5.75 Å². The number of nitrogens with two attached hydrogens (primary N) is 1. The molecule has 0 heterocycles. The highest BCUT2D eigenvalue weighted by Gasteiger charge is 2.08. The van der Waals surface area contributed by atoms with Gasteiger partial charge in [0, 0.05) is 25.2 Å². The monoisotopic (exact) mass is 230 g/mol. The van der Waals surface area contributed by atoms with Gasteiger partial charge >= 0.3 is 0 Å². The Bertz CT molecular complexity index is 511. The van der Waals surface area contributed by atoms with Crippen molar-refractivity contribution in [3.63, 3.8) is 0 Å². The summed E-state index contributed by atoms with van der Waals surface area (Å²) >= 11 is 0. The number of nitrogens with zero attached hydrogens (tertiary/aromatic N) is 1. The van der Waals surface area contributed by atoms with Crippen molar-refractivity contribution in [3.8, 4) is 5.75 Å². The molecule has 2 rings (SSSR count). The summed E-state index contributed by atoms with van der Waals surface area (Å²) in [6, 6.07) is 11.8. The van der Waals surface area contributed by atoms with Crippen molar-refractivity contribution in [2.24, 2.45) is 5.73 Å². The van der Waals surface area contributed by atoms with E-state index in [4.69, 9.17) is 5.73 Å². The van der Waals surface area contributed by atoms with Crippen molar-refractivity contribution in [2.75, 3.05) is 20.1 Å². The Balaban J connectivity index is 2.40. The first-order valence-electron chi connectivity index (χ1n) is 5.80. The molecule has 0 spiro atoms. The van der Waals surface area contributed by atoms with Crippen LogP contribution < -0.4 is 5.73 Å². The van der Waals surface area contributed by atoms with Gasteiger partial charge in [0.2, 0.25) is 0 Å². The summed E-state index contributed by atoms with van der Waals surface area (Å²) in [5.41, 5.74) is 6.50. The molecule has 3 heteroatoms. The molecule has 0 bridgehead atoms. The van der Waals surface area contributed by atoms with Crippen LogP contribution in [0.5, 0.6) is 5.75 Å². The number of benzene rings is 2. The average Bonchev–Trinajstić information content (AvgIpc) is 2.33. The van der Waals surface area contributed by atoms with Crippen LogP contribution in [0.3, 0.4) is 0 Å². The van der Waals surface area contributed by atoms with E-state index in [0.29, 0.717) is 18.8 Å². The van der Waals surface area contributed by atoms with Crippen LogP contribution in [-0.4, -0.2) is 30.1 Å². The topological polar surface area (TPSA) is 49.5 Å². The molecule has 3 nitrogen and oxygen atoms in total. The molecule has 0 aliphatic heterocycles. The second-order valence-electron chi connectivity index (χ2n) is 4.31. The van der Waals surface area contributed by atoms with Gasteiger partial charge in [0.05, 0.1) is 0 Å². The zero-order chi connectivity index (χ0) is 12.3. The standard InChI is InChI=1S/C14H18N2O/c1-16(9-8-15)10-13-12-5-3-2-4-11(12)6-7-14(13)17/h2-7,17H,8-10,15H2,1H3. The lowest BCUT2D eigenvalue weighted by atomic mass is 10.0. The summed E-state index contributed by atoms with van der Waals surface area (Å²) in [6.07, 6.45) is 0. The summed E-state index contributed by atoms with van der Waals surface area (Å²) < 4.78 is 0.